The first kappa shape index (κ1) is 25.7. The van der Waals surface area contributed by atoms with Crippen molar-refractivity contribution in [3.8, 4) is 0 Å². The van der Waals surface area contributed by atoms with Crippen LogP contribution in [-0.4, -0.2) is 74.7 Å². The molecule has 0 spiro atoms. The zero-order valence-electron chi connectivity index (χ0n) is 20.4. The summed E-state index contributed by atoms with van der Waals surface area (Å²) < 4.78 is 19.2. The van der Waals surface area contributed by atoms with E-state index >= 15 is 0 Å². The van der Waals surface area contributed by atoms with Gasteiger partial charge in [0.05, 0.1) is 12.8 Å². The third-order valence-corrected chi connectivity index (χ3v) is 7.43. The number of methoxy groups -OCH3 is 1. The molecule has 2 atom stereocenters. The van der Waals surface area contributed by atoms with E-state index in [-0.39, 0.29) is 11.8 Å². The summed E-state index contributed by atoms with van der Waals surface area (Å²) in [6, 6.07) is 17.5. The highest BCUT2D eigenvalue weighted by molar-refractivity contribution is 6.31. The summed E-state index contributed by atoms with van der Waals surface area (Å²) in [5.41, 5.74) is 1.78. The second-order valence-corrected chi connectivity index (χ2v) is 9.93. The van der Waals surface area contributed by atoms with Gasteiger partial charge in [-0.3, -0.25) is 14.6 Å². The van der Waals surface area contributed by atoms with Gasteiger partial charge >= 0.3 is 5.97 Å². The fraction of sp³-hybridized carbons (Fsp3) is 0.464. The van der Waals surface area contributed by atoms with Crippen molar-refractivity contribution in [3.05, 3.63) is 71.0 Å². The monoisotopic (exact) mass is 499 g/mol. The number of hydrogen-bond donors (Lipinski definition) is 0. The van der Waals surface area contributed by atoms with Gasteiger partial charge in [0, 0.05) is 63.3 Å². The smallest absolute Gasteiger partial charge is 0.305 e. The van der Waals surface area contributed by atoms with E-state index in [2.05, 4.69) is 26.8 Å². The van der Waals surface area contributed by atoms with Crippen molar-refractivity contribution in [1.82, 2.24) is 9.80 Å². The highest BCUT2D eigenvalue weighted by atomic mass is 35.5. The first-order chi connectivity index (χ1) is 17.0. The average Bonchev–Trinajstić information content (AvgIpc) is 2.88. The van der Waals surface area contributed by atoms with Crippen LogP contribution in [0, 0.1) is 11.7 Å². The molecule has 188 valence electrons. The van der Waals surface area contributed by atoms with Crippen LogP contribution >= 0.6 is 11.6 Å². The number of nitrogens with zero attached hydrogens (tertiary/aromatic N) is 3. The van der Waals surface area contributed by atoms with Crippen LogP contribution in [0.15, 0.2) is 59.6 Å². The summed E-state index contributed by atoms with van der Waals surface area (Å²) in [5, 5.41) is 0.819. The number of hydrogen-bond acceptors (Lipinski definition) is 5. The van der Waals surface area contributed by atoms with Crippen molar-refractivity contribution in [2.75, 3.05) is 57.8 Å². The molecule has 2 fully saturated rings. The van der Waals surface area contributed by atoms with Gasteiger partial charge in [-0.05, 0) is 42.5 Å². The number of anilines is 1. The van der Waals surface area contributed by atoms with Crippen LogP contribution in [0.3, 0.4) is 0 Å². The minimum Gasteiger partial charge on any atom is -0.469 e. The largest absolute Gasteiger partial charge is 0.469 e. The maximum atomic E-state index is 14.3. The van der Waals surface area contributed by atoms with Gasteiger partial charge < -0.3 is 9.64 Å². The summed E-state index contributed by atoms with van der Waals surface area (Å²) in [6.45, 7) is 5.95. The predicted molar refractivity (Wildman–Crippen MR) is 140 cm³/mol. The lowest BCUT2D eigenvalue weighted by Crippen LogP contribution is -2.57. The normalized spacial score (nSPS) is 22.3. The minimum absolute atomic E-state index is 0.160. The number of piperidine rings is 1. The molecule has 0 aliphatic carbocycles. The molecule has 2 aromatic rings. The van der Waals surface area contributed by atoms with Crippen LogP contribution in [-0.2, 0) is 9.53 Å². The van der Waals surface area contributed by atoms with Gasteiger partial charge in [0.15, 0.2) is 0 Å². The molecule has 0 aromatic heterocycles. The zero-order chi connectivity index (χ0) is 24.6. The maximum absolute atomic E-state index is 14.3. The second kappa shape index (κ2) is 12.5. The molecular formula is C28H35ClFN3O2. The molecule has 7 heteroatoms. The number of halogens is 2. The zero-order valence-corrected chi connectivity index (χ0v) is 21.2. The Bertz CT molecular complexity index is 995. The number of likely N-dealkylation sites (tertiary alicyclic amines) is 1. The number of para-hydroxylation sites is 1. The van der Waals surface area contributed by atoms with Gasteiger partial charge in [-0.15, -0.1) is 0 Å². The molecule has 0 radical (unpaired) electrons. The molecular weight excluding hydrogens is 465 g/mol. The minimum atomic E-state index is -0.161. The topological polar surface area (TPSA) is 36.0 Å². The first-order valence-electron chi connectivity index (χ1n) is 12.5. The summed E-state index contributed by atoms with van der Waals surface area (Å²) in [6.07, 6.45) is 4.27. The van der Waals surface area contributed by atoms with Gasteiger partial charge in [0.25, 0.3) is 0 Å². The quantitative estimate of drug-likeness (QED) is 0.484. The molecule has 0 N–H and O–H groups in total. The standard InChI is InChI=1S/C28H35ClFN3O2/c1-35-28(34)12-11-23-20-31(21-24(29)19-22-7-3-2-4-8-22)14-13-26(23)32-15-17-33(18-16-32)27-10-6-5-9-25(27)30/h2-10,19,23,26H,11-18,20-21H2,1H3/b24-19-/t23-,26+/m1/s1. The van der Waals surface area contributed by atoms with Gasteiger partial charge in [0.1, 0.15) is 5.82 Å². The number of carbonyl (C=O) groups excluding carboxylic acids is 1. The van der Waals surface area contributed by atoms with E-state index in [0.717, 1.165) is 62.7 Å². The Labute approximate surface area is 213 Å². The second-order valence-electron chi connectivity index (χ2n) is 9.44. The van der Waals surface area contributed by atoms with E-state index in [0.29, 0.717) is 30.6 Å². The molecule has 0 bridgehead atoms. The number of esters is 1. The fourth-order valence-corrected chi connectivity index (χ4v) is 5.70. The van der Waals surface area contributed by atoms with Crippen molar-refractivity contribution in [2.45, 2.75) is 25.3 Å². The molecule has 2 saturated heterocycles. The first-order valence-corrected chi connectivity index (χ1v) is 12.8. The van der Waals surface area contributed by atoms with Crippen molar-refractivity contribution in [3.63, 3.8) is 0 Å². The number of ether oxygens (including phenoxy) is 1. The summed E-state index contributed by atoms with van der Waals surface area (Å²) in [5.74, 6) is 0.0296. The van der Waals surface area contributed by atoms with Gasteiger partial charge in [0.2, 0.25) is 0 Å². The van der Waals surface area contributed by atoms with Crippen LogP contribution < -0.4 is 4.90 Å². The number of piperazine rings is 1. The lowest BCUT2D eigenvalue weighted by molar-refractivity contribution is -0.141. The van der Waals surface area contributed by atoms with Crippen molar-refractivity contribution in [1.29, 1.82) is 0 Å². The number of carbonyl (C=O) groups is 1. The third-order valence-electron chi connectivity index (χ3n) is 7.20. The highest BCUT2D eigenvalue weighted by Gasteiger charge is 2.35. The highest BCUT2D eigenvalue weighted by Crippen LogP contribution is 2.29. The van der Waals surface area contributed by atoms with E-state index in [9.17, 15) is 9.18 Å². The van der Waals surface area contributed by atoms with Crippen molar-refractivity contribution >= 4 is 29.3 Å². The average molecular weight is 500 g/mol. The molecule has 2 heterocycles. The molecule has 0 saturated carbocycles. The molecule has 35 heavy (non-hydrogen) atoms. The molecule has 0 amide bonds. The van der Waals surface area contributed by atoms with Crippen LogP contribution in [0.4, 0.5) is 10.1 Å². The molecule has 2 aliphatic heterocycles. The Morgan fingerprint density at radius 3 is 2.49 bits per heavy atom. The van der Waals surface area contributed by atoms with Gasteiger partial charge in [-0.2, -0.15) is 0 Å². The molecule has 5 nitrogen and oxygen atoms in total. The Morgan fingerprint density at radius 1 is 1.06 bits per heavy atom. The van der Waals surface area contributed by atoms with Crippen LogP contribution in [0.2, 0.25) is 0 Å². The van der Waals surface area contributed by atoms with Crippen LogP contribution in [0.1, 0.15) is 24.8 Å². The van der Waals surface area contributed by atoms with E-state index in [4.69, 9.17) is 16.3 Å². The summed E-state index contributed by atoms with van der Waals surface area (Å²) in [7, 11) is 1.45. The molecule has 2 aliphatic rings. The Hall–Kier alpha value is -2.41. The molecule has 2 aromatic carbocycles. The number of rotatable bonds is 8. The molecule has 0 unspecified atom stereocenters. The van der Waals surface area contributed by atoms with E-state index in [1.54, 1.807) is 6.07 Å². The van der Waals surface area contributed by atoms with E-state index < -0.39 is 0 Å². The number of benzene rings is 2. The SMILES string of the molecule is COC(=O)CC[C@@H]1CN(C/C(Cl)=C/c2ccccc2)CC[C@@H]1N1CCN(c2ccccc2F)CC1. The van der Waals surface area contributed by atoms with E-state index in [1.807, 2.05) is 36.4 Å². The summed E-state index contributed by atoms with van der Waals surface area (Å²) >= 11 is 6.62. The van der Waals surface area contributed by atoms with E-state index in [1.165, 1.54) is 13.2 Å². The lowest BCUT2D eigenvalue weighted by Gasteiger charge is -2.47. The molecule has 4 rings (SSSR count). The van der Waals surface area contributed by atoms with Crippen LogP contribution in [0.5, 0.6) is 0 Å². The van der Waals surface area contributed by atoms with Crippen LogP contribution in [0.25, 0.3) is 6.08 Å². The van der Waals surface area contributed by atoms with Crippen molar-refractivity contribution in [2.24, 2.45) is 5.92 Å². The van der Waals surface area contributed by atoms with Gasteiger partial charge in [-0.1, -0.05) is 54.1 Å². The fourth-order valence-electron chi connectivity index (χ4n) is 5.40. The van der Waals surface area contributed by atoms with Crippen molar-refractivity contribution < 1.29 is 13.9 Å². The maximum Gasteiger partial charge on any atom is 0.305 e. The Morgan fingerprint density at radius 2 is 1.77 bits per heavy atom. The predicted octanol–water partition coefficient (Wildman–Crippen LogP) is 4.87. The Balaban J connectivity index is 1.38. The summed E-state index contributed by atoms with van der Waals surface area (Å²) in [4.78, 5) is 19.0. The third kappa shape index (κ3) is 7.06. The Kier molecular flexibility index (Phi) is 9.18. The lowest BCUT2D eigenvalue weighted by atomic mass is 9.86. The van der Waals surface area contributed by atoms with Gasteiger partial charge in [-0.25, -0.2) is 4.39 Å².